The minimum absolute atomic E-state index is 0.188. The van der Waals surface area contributed by atoms with Crippen LogP contribution in [-0.4, -0.2) is 16.1 Å². The lowest BCUT2D eigenvalue weighted by Gasteiger charge is -2.20. The van der Waals surface area contributed by atoms with Gasteiger partial charge in [-0.25, -0.2) is 4.98 Å². The van der Waals surface area contributed by atoms with E-state index in [1.165, 1.54) is 0 Å². The summed E-state index contributed by atoms with van der Waals surface area (Å²) in [7, 11) is 2.02. The standard InChI is InChI=1S/C16H21Cl2N3/c1-3-8-19-15(6-7-16-20-9-10-21(16)2)13-11-12(17)4-5-14(13)18/h4-5,9-11,15,19H,3,6-8H2,1-2H3. The van der Waals surface area contributed by atoms with E-state index in [2.05, 4.69) is 21.8 Å². The van der Waals surface area contributed by atoms with Gasteiger partial charge in [0.05, 0.1) is 0 Å². The van der Waals surface area contributed by atoms with Crippen LogP contribution in [-0.2, 0) is 13.5 Å². The van der Waals surface area contributed by atoms with Crippen LogP contribution in [0.5, 0.6) is 0 Å². The van der Waals surface area contributed by atoms with Crippen molar-refractivity contribution in [3.8, 4) is 0 Å². The molecule has 2 rings (SSSR count). The first-order chi connectivity index (χ1) is 10.1. The van der Waals surface area contributed by atoms with E-state index in [4.69, 9.17) is 23.2 Å². The molecule has 114 valence electrons. The average Bonchev–Trinajstić information content (AvgIpc) is 2.87. The van der Waals surface area contributed by atoms with Crippen molar-refractivity contribution in [2.45, 2.75) is 32.2 Å². The normalized spacial score (nSPS) is 12.6. The van der Waals surface area contributed by atoms with E-state index in [-0.39, 0.29) is 6.04 Å². The number of hydrogen-bond donors (Lipinski definition) is 1. The van der Waals surface area contributed by atoms with Gasteiger partial charge in [-0.2, -0.15) is 0 Å². The predicted octanol–water partition coefficient (Wildman–Crippen LogP) is 4.40. The van der Waals surface area contributed by atoms with Crippen molar-refractivity contribution in [2.24, 2.45) is 7.05 Å². The Balaban J connectivity index is 2.13. The van der Waals surface area contributed by atoms with Crippen molar-refractivity contribution in [3.05, 3.63) is 52.0 Å². The zero-order valence-corrected chi connectivity index (χ0v) is 14.0. The van der Waals surface area contributed by atoms with Gasteiger partial charge >= 0.3 is 0 Å². The molecule has 1 heterocycles. The number of benzene rings is 1. The molecule has 3 nitrogen and oxygen atoms in total. The van der Waals surface area contributed by atoms with E-state index in [1.807, 2.05) is 37.6 Å². The van der Waals surface area contributed by atoms with Crippen LogP contribution in [0, 0.1) is 0 Å². The summed E-state index contributed by atoms with van der Waals surface area (Å²) >= 11 is 12.5. The van der Waals surface area contributed by atoms with Crippen molar-refractivity contribution >= 4 is 23.2 Å². The lowest BCUT2D eigenvalue weighted by Crippen LogP contribution is -2.23. The minimum Gasteiger partial charge on any atom is -0.338 e. The molecule has 1 aromatic carbocycles. The second-order valence-corrected chi connectivity index (χ2v) is 6.01. The van der Waals surface area contributed by atoms with Crippen molar-refractivity contribution < 1.29 is 0 Å². The highest BCUT2D eigenvalue weighted by atomic mass is 35.5. The zero-order chi connectivity index (χ0) is 15.2. The number of imidazole rings is 1. The summed E-state index contributed by atoms with van der Waals surface area (Å²) < 4.78 is 2.05. The maximum Gasteiger partial charge on any atom is 0.108 e. The molecule has 2 aromatic rings. The molecule has 1 atom stereocenters. The Morgan fingerprint density at radius 1 is 1.33 bits per heavy atom. The van der Waals surface area contributed by atoms with Crippen LogP contribution in [0.25, 0.3) is 0 Å². The molecule has 1 N–H and O–H groups in total. The Labute approximate surface area is 136 Å². The lowest BCUT2D eigenvalue weighted by molar-refractivity contribution is 0.491. The van der Waals surface area contributed by atoms with Gasteiger partial charge in [0.2, 0.25) is 0 Å². The molecule has 0 amide bonds. The minimum atomic E-state index is 0.188. The second kappa shape index (κ2) is 7.83. The summed E-state index contributed by atoms with van der Waals surface area (Å²) in [6.45, 7) is 3.11. The number of aromatic nitrogens is 2. The summed E-state index contributed by atoms with van der Waals surface area (Å²) in [5.74, 6) is 1.08. The third kappa shape index (κ3) is 4.47. The Morgan fingerprint density at radius 2 is 2.14 bits per heavy atom. The molecule has 21 heavy (non-hydrogen) atoms. The van der Waals surface area contributed by atoms with Gasteiger partial charge in [0.1, 0.15) is 5.82 Å². The SMILES string of the molecule is CCCNC(CCc1nccn1C)c1cc(Cl)ccc1Cl. The zero-order valence-electron chi connectivity index (χ0n) is 12.4. The number of halogens is 2. The van der Waals surface area contributed by atoms with Gasteiger partial charge in [0.25, 0.3) is 0 Å². The molecule has 0 bridgehead atoms. The molecule has 0 aliphatic carbocycles. The molecule has 0 saturated heterocycles. The van der Waals surface area contributed by atoms with E-state index in [9.17, 15) is 0 Å². The van der Waals surface area contributed by atoms with Crippen LogP contribution in [0.4, 0.5) is 0 Å². The van der Waals surface area contributed by atoms with Gasteiger partial charge in [0.15, 0.2) is 0 Å². The third-order valence-electron chi connectivity index (χ3n) is 3.55. The first-order valence-electron chi connectivity index (χ1n) is 7.26. The second-order valence-electron chi connectivity index (χ2n) is 5.17. The van der Waals surface area contributed by atoms with Crippen LogP contribution in [0.3, 0.4) is 0 Å². The fourth-order valence-electron chi connectivity index (χ4n) is 2.38. The fourth-order valence-corrected chi connectivity index (χ4v) is 2.81. The van der Waals surface area contributed by atoms with Crippen LogP contribution in [0.1, 0.15) is 37.2 Å². The summed E-state index contributed by atoms with van der Waals surface area (Å²) in [6.07, 6.45) is 6.71. The molecule has 1 unspecified atom stereocenters. The summed E-state index contributed by atoms with van der Waals surface area (Å²) in [5, 5.41) is 5.03. The lowest BCUT2D eigenvalue weighted by atomic mass is 10.0. The van der Waals surface area contributed by atoms with Gasteiger partial charge in [-0.3, -0.25) is 0 Å². The highest BCUT2D eigenvalue weighted by Crippen LogP contribution is 2.29. The van der Waals surface area contributed by atoms with Crippen LogP contribution >= 0.6 is 23.2 Å². The third-order valence-corrected chi connectivity index (χ3v) is 4.13. The van der Waals surface area contributed by atoms with Gasteiger partial charge in [-0.15, -0.1) is 0 Å². The van der Waals surface area contributed by atoms with Gasteiger partial charge in [-0.1, -0.05) is 30.1 Å². The van der Waals surface area contributed by atoms with Crippen molar-refractivity contribution in [1.82, 2.24) is 14.9 Å². The number of hydrogen-bond acceptors (Lipinski definition) is 2. The molecular weight excluding hydrogens is 305 g/mol. The fraction of sp³-hybridized carbons (Fsp3) is 0.438. The molecule has 5 heteroatoms. The quantitative estimate of drug-likeness (QED) is 0.817. The van der Waals surface area contributed by atoms with Crippen molar-refractivity contribution in [2.75, 3.05) is 6.54 Å². The Hall–Kier alpha value is -1.03. The average molecular weight is 326 g/mol. The van der Waals surface area contributed by atoms with E-state index in [1.54, 1.807) is 0 Å². The van der Waals surface area contributed by atoms with Crippen LogP contribution in [0.15, 0.2) is 30.6 Å². The number of nitrogens with zero attached hydrogens (tertiary/aromatic N) is 2. The van der Waals surface area contributed by atoms with Crippen molar-refractivity contribution in [1.29, 1.82) is 0 Å². The highest BCUT2D eigenvalue weighted by molar-refractivity contribution is 6.33. The number of aryl methyl sites for hydroxylation is 2. The molecule has 0 saturated carbocycles. The van der Waals surface area contributed by atoms with Gasteiger partial charge in [-0.05, 0) is 43.1 Å². The smallest absolute Gasteiger partial charge is 0.108 e. The Kier molecular flexibility index (Phi) is 6.09. The number of rotatable bonds is 7. The molecule has 0 aliphatic heterocycles. The summed E-state index contributed by atoms with van der Waals surface area (Å²) in [4.78, 5) is 4.38. The molecule has 1 aromatic heterocycles. The van der Waals surface area contributed by atoms with E-state index in [0.29, 0.717) is 0 Å². The molecule has 0 radical (unpaired) electrons. The summed E-state index contributed by atoms with van der Waals surface area (Å²) in [5.41, 5.74) is 1.06. The maximum absolute atomic E-state index is 6.34. The monoisotopic (exact) mass is 325 g/mol. The topological polar surface area (TPSA) is 29.9 Å². The highest BCUT2D eigenvalue weighted by Gasteiger charge is 2.15. The van der Waals surface area contributed by atoms with E-state index >= 15 is 0 Å². The molecule has 0 spiro atoms. The van der Waals surface area contributed by atoms with E-state index < -0.39 is 0 Å². The van der Waals surface area contributed by atoms with Crippen LogP contribution < -0.4 is 5.32 Å². The number of nitrogens with one attached hydrogen (secondary N) is 1. The van der Waals surface area contributed by atoms with Gasteiger partial charge < -0.3 is 9.88 Å². The van der Waals surface area contributed by atoms with Gasteiger partial charge in [0, 0.05) is 41.9 Å². The first kappa shape index (κ1) is 16.3. The van der Waals surface area contributed by atoms with E-state index in [0.717, 1.165) is 47.2 Å². The Bertz CT molecular complexity index is 581. The predicted molar refractivity (Wildman–Crippen MR) is 89.0 cm³/mol. The molecule has 0 fully saturated rings. The molecule has 0 aliphatic rings. The Morgan fingerprint density at radius 3 is 2.81 bits per heavy atom. The molecular formula is C16H21Cl2N3. The largest absolute Gasteiger partial charge is 0.338 e. The first-order valence-corrected chi connectivity index (χ1v) is 8.02. The maximum atomic E-state index is 6.34. The van der Waals surface area contributed by atoms with Crippen molar-refractivity contribution in [3.63, 3.8) is 0 Å². The summed E-state index contributed by atoms with van der Waals surface area (Å²) in [6, 6.07) is 5.83. The van der Waals surface area contributed by atoms with Crippen LogP contribution in [0.2, 0.25) is 10.0 Å².